The van der Waals surface area contributed by atoms with Crippen molar-refractivity contribution in [2.24, 2.45) is 5.92 Å². The Labute approximate surface area is 125 Å². The van der Waals surface area contributed by atoms with Gasteiger partial charge in [-0.2, -0.15) is 0 Å². The van der Waals surface area contributed by atoms with Crippen LogP contribution in [0.4, 0.5) is 10.5 Å². The average molecular weight is 290 g/mol. The molecule has 114 valence electrons. The van der Waals surface area contributed by atoms with E-state index in [0.29, 0.717) is 17.2 Å². The average Bonchev–Trinajstić information content (AvgIpc) is 2.49. The fourth-order valence-corrected chi connectivity index (χ4v) is 2.67. The van der Waals surface area contributed by atoms with Crippen LogP contribution in [0.1, 0.15) is 43.0 Å². The van der Waals surface area contributed by atoms with Gasteiger partial charge in [-0.05, 0) is 43.0 Å². The van der Waals surface area contributed by atoms with Crippen LogP contribution in [-0.4, -0.2) is 25.2 Å². The molecule has 0 unspecified atom stereocenters. The molecule has 2 rings (SSSR count). The van der Waals surface area contributed by atoms with Crippen LogP contribution in [-0.2, 0) is 4.74 Å². The number of esters is 1. The molecule has 2 atom stereocenters. The quantitative estimate of drug-likeness (QED) is 0.840. The van der Waals surface area contributed by atoms with Gasteiger partial charge in [-0.15, -0.1) is 0 Å². The first-order chi connectivity index (χ1) is 10.1. The third-order valence-corrected chi connectivity index (χ3v) is 3.99. The Morgan fingerprint density at radius 3 is 2.43 bits per heavy atom. The molecule has 0 saturated heterocycles. The van der Waals surface area contributed by atoms with E-state index in [2.05, 4.69) is 22.3 Å². The van der Waals surface area contributed by atoms with Crippen molar-refractivity contribution in [1.82, 2.24) is 5.32 Å². The minimum absolute atomic E-state index is 0.195. The van der Waals surface area contributed by atoms with Gasteiger partial charge in [0.25, 0.3) is 0 Å². The van der Waals surface area contributed by atoms with E-state index in [1.54, 1.807) is 24.3 Å². The monoisotopic (exact) mass is 290 g/mol. The smallest absolute Gasteiger partial charge is 0.337 e. The number of anilines is 1. The van der Waals surface area contributed by atoms with E-state index in [-0.39, 0.29) is 18.0 Å². The van der Waals surface area contributed by atoms with E-state index in [0.717, 1.165) is 6.42 Å². The highest BCUT2D eigenvalue weighted by atomic mass is 16.5. The van der Waals surface area contributed by atoms with Crippen molar-refractivity contribution < 1.29 is 14.3 Å². The van der Waals surface area contributed by atoms with Gasteiger partial charge in [-0.3, -0.25) is 0 Å². The number of nitrogens with one attached hydrogen (secondary N) is 2. The standard InChI is InChI=1S/C16H22N2O3/c1-11-5-3-4-6-14(11)18-16(20)17-13-9-7-12(8-10-13)15(19)21-2/h7-11,14H,3-6H2,1-2H3,(H2,17,18,20)/t11-,14-/m0/s1. The summed E-state index contributed by atoms with van der Waals surface area (Å²) < 4.78 is 4.63. The largest absolute Gasteiger partial charge is 0.465 e. The maximum absolute atomic E-state index is 12.0. The van der Waals surface area contributed by atoms with Gasteiger partial charge in [0, 0.05) is 11.7 Å². The second kappa shape index (κ2) is 7.11. The second-order valence-electron chi connectivity index (χ2n) is 5.54. The summed E-state index contributed by atoms with van der Waals surface area (Å²) in [5.74, 6) is 0.133. The van der Waals surface area contributed by atoms with Crippen molar-refractivity contribution in [3.05, 3.63) is 29.8 Å². The van der Waals surface area contributed by atoms with Crippen molar-refractivity contribution in [3.8, 4) is 0 Å². The fourth-order valence-electron chi connectivity index (χ4n) is 2.67. The summed E-state index contributed by atoms with van der Waals surface area (Å²) >= 11 is 0. The predicted molar refractivity (Wildman–Crippen MR) is 81.4 cm³/mol. The van der Waals surface area contributed by atoms with E-state index in [4.69, 9.17) is 0 Å². The third kappa shape index (κ3) is 4.21. The molecule has 1 saturated carbocycles. The number of hydrogen-bond donors (Lipinski definition) is 2. The molecule has 5 heteroatoms. The van der Waals surface area contributed by atoms with Crippen LogP contribution in [0.5, 0.6) is 0 Å². The van der Waals surface area contributed by atoms with Crippen LogP contribution >= 0.6 is 0 Å². The van der Waals surface area contributed by atoms with Gasteiger partial charge in [-0.25, -0.2) is 9.59 Å². The molecule has 1 fully saturated rings. The topological polar surface area (TPSA) is 67.4 Å². The van der Waals surface area contributed by atoms with E-state index in [1.807, 2.05) is 0 Å². The lowest BCUT2D eigenvalue weighted by molar-refractivity contribution is 0.0601. The summed E-state index contributed by atoms with van der Waals surface area (Å²) in [4.78, 5) is 23.3. The van der Waals surface area contributed by atoms with Crippen LogP contribution in [0.25, 0.3) is 0 Å². The van der Waals surface area contributed by atoms with Gasteiger partial charge in [0.2, 0.25) is 0 Å². The molecular weight excluding hydrogens is 268 g/mol. The zero-order valence-electron chi connectivity index (χ0n) is 12.5. The minimum atomic E-state index is -0.387. The van der Waals surface area contributed by atoms with Crippen molar-refractivity contribution >= 4 is 17.7 Å². The lowest BCUT2D eigenvalue weighted by atomic mass is 9.86. The van der Waals surface area contributed by atoms with Gasteiger partial charge < -0.3 is 15.4 Å². The molecule has 1 aliphatic carbocycles. The Bertz CT molecular complexity index is 499. The lowest BCUT2D eigenvalue weighted by Gasteiger charge is -2.29. The molecule has 2 N–H and O–H groups in total. The maximum atomic E-state index is 12.0. The normalized spacial score (nSPS) is 21.4. The third-order valence-electron chi connectivity index (χ3n) is 3.99. The molecule has 2 amide bonds. The molecule has 1 aromatic rings. The summed E-state index contributed by atoms with van der Waals surface area (Å²) in [5.41, 5.74) is 1.12. The Balaban J connectivity index is 1.88. The number of hydrogen-bond acceptors (Lipinski definition) is 3. The Hall–Kier alpha value is -2.04. The van der Waals surface area contributed by atoms with Crippen LogP contribution in [0.2, 0.25) is 0 Å². The summed E-state index contributed by atoms with van der Waals surface area (Å²) in [7, 11) is 1.34. The number of urea groups is 1. The molecule has 0 aliphatic heterocycles. The number of benzene rings is 1. The van der Waals surface area contributed by atoms with E-state index >= 15 is 0 Å². The van der Waals surface area contributed by atoms with Crippen LogP contribution in [0, 0.1) is 5.92 Å². The van der Waals surface area contributed by atoms with Crippen molar-refractivity contribution in [3.63, 3.8) is 0 Å². The number of carbonyl (C=O) groups excluding carboxylic acids is 2. The van der Waals surface area contributed by atoms with Crippen molar-refractivity contribution in [2.45, 2.75) is 38.6 Å². The molecule has 0 heterocycles. The zero-order valence-corrected chi connectivity index (χ0v) is 12.5. The predicted octanol–water partition coefficient (Wildman–Crippen LogP) is 3.17. The van der Waals surface area contributed by atoms with Crippen LogP contribution in [0.15, 0.2) is 24.3 Å². The van der Waals surface area contributed by atoms with Gasteiger partial charge >= 0.3 is 12.0 Å². The molecule has 0 bridgehead atoms. The van der Waals surface area contributed by atoms with Crippen LogP contribution < -0.4 is 10.6 Å². The van der Waals surface area contributed by atoms with Gasteiger partial charge in [0.1, 0.15) is 0 Å². The fraction of sp³-hybridized carbons (Fsp3) is 0.500. The first-order valence-electron chi connectivity index (χ1n) is 7.36. The summed E-state index contributed by atoms with van der Waals surface area (Å²) in [6, 6.07) is 6.69. The Morgan fingerprint density at radius 2 is 1.81 bits per heavy atom. The maximum Gasteiger partial charge on any atom is 0.337 e. The molecule has 5 nitrogen and oxygen atoms in total. The highest BCUT2D eigenvalue weighted by molar-refractivity contribution is 5.92. The summed E-state index contributed by atoms with van der Waals surface area (Å²) in [6.07, 6.45) is 4.62. The zero-order chi connectivity index (χ0) is 15.2. The number of rotatable bonds is 3. The van der Waals surface area contributed by atoms with Gasteiger partial charge in [0.15, 0.2) is 0 Å². The minimum Gasteiger partial charge on any atom is -0.465 e. The van der Waals surface area contributed by atoms with E-state index in [9.17, 15) is 9.59 Å². The van der Waals surface area contributed by atoms with Gasteiger partial charge in [-0.1, -0.05) is 19.8 Å². The van der Waals surface area contributed by atoms with E-state index in [1.165, 1.54) is 26.4 Å². The molecule has 0 spiro atoms. The first-order valence-corrected chi connectivity index (χ1v) is 7.36. The molecule has 1 aromatic carbocycles. The number of ether oxygens (including phenoxy) is 1. The lowest BCUT2D eigenvalue weighted by Crippen LogP contribution is -2.43. The SMILES string of the molecule is COC(=O)c1ccc(NC(=O)N[C@H]2CCCC[C@@H]2C)cc1. The summed E-state index contributed by atoms with van der Waals surface area (Å²) in [6.45, 7) is 2.18. The molecule has 0 radical (unpaired) electrons. The first kappa shape index (κ1) is 15.4. The number of methoxy groups -OCH3 is 1. The Morgan fingerprint density at radius 1 is 1.14 bits per heavy atom. The highest BCUT2D eigenvalue weighted by Crippen LogP contribution is 2.23. The van der Waals surface area contributed by atoms with Crippen molar-refractivity contribution in [1.29, 1.82) is 0 Å². The van der Waals surface area contributed by atoms with Crippen LogP contribution in [0.3, 0.4) is 0 Å². The number of carbonyl (C=O) groups is 2. The van der Waals surface area contributed by atoms with Crippen molar-refractivity contribution in [2.75, 3.05) is 12.4 Å². The second-order valence-corrected chi connectivity index (χ2v) is 5.54. The molecule has 0 aromatic heterocycles. The molecule has 1 aliphatic rings. The molecule has 21 heavy (non-hydrogen) atoms. The highest BCUT2D eigenvalue weighted by Gasteiger charge is 2.22. The van der Waals surface area contributed by atoms with Gasteiger partial charge in [0.05, 0.1) is 12.7 Å². The summed E-state index contributed by atoms with van der Waals surface area (Å²) in [5, 5.41) is 5.82. The number of amides is 2. The Kier molecular flexibility index (Phi) is 5.20. The molecular formula is C16H22N2O3. The van der Waals surface area contributed by atoms with E-state index < -0.39 is 0 Å².